The molecule has 4 aliphatic rings. The van der Waals surface area contributed by atoms with Crippen LogP contribution in [0.1, 0.15) is 70.3 Å². The first-order valence-electron chi connectivity index (χ1n) is 12.3. The second kappa shape index (κ2) is 9.07. The van der Waals surface area contributed by atoms with Crippen molar-refractivity contribution < 1.29 is 14.2 Å². The highest BCUT2D eigenvalue weighted by atomic mass is 16.7. The third kappa shape index (κ3) is 4.21. The summed E-state index contributed by atoms with van der Waals surface area (Å²) in [4.78, 5) is 4.08. The predicted octanol–water partition coefficient (Wildman–Crippen LogP) is 6.19. The van der Waals surface area contributed by atoms with Gasteiger partial charge in [-0.3, -0.25) is 4.98 Å². The van der Waals surface area contributed by atoms with E-state index in [0.717, 1.165) is 25.9 Å². The Morgan fingerprint density at radius 1 is 1.16 bits per heavy atom. The van der Waals surface area contributed by atoms with E-state index in [2.05, 4.69) is 24.7 Å². The van der Waals surface area contributed by atoms with Crippen molar-refractivity contribution in [3.8, 4) is 0 Å². The minimum Gasteiger partial charge on any atom is -0.472 e. The molecule has 1 aromatic rings. The number of rotatable bonds is 6. The first-order chi connectivity index (χ1) is 15.1. The standard InChI is InChI=1S/C27H37NO3/c1-19-7-8-24-22-18-30-26(21-5-3-4-6-21)31-25(22)9-13-27(24,2)23(19)12-16-29-17-20-10-14-28-15-11-20/h10-11,14-15,18,21,23-26H,1,3-9,12-13,16-17H2,2H3/t23-,24?,25-,26-,27+/m1/s1. The quantitative estimate of drug-likeness (QED) is 0.404. The van der Waals surface area contributed by atoms with E-state index in [4.69, 9.17) is 14.2 Å². The van der Waals surface area contributed by atoms with E-state index in [9.17, 15) is 0 Å². The van der Waals surface area contributed by atoms with Gasteiger partial charge >= 0.3 is 0 Å². The van der Waals surface area contributed by atoms with Crippen molar-refractivity contribution in [1.29, 1.82) is 0 Å². The number of hydrogen-bond donors (Lipinski definition) is 0. The van der Waals surface area contributed by atoms with E-state index in [0.29, 0.717) is 24.4 Å². The van der Waals surface area contributed by atoms with Gasteiger partial charge in [0.05, 0.1) is 19.0 Å². The fraction of sp³-hybridized carbons (Fsp3) is 0.667. The van der Waals surface area contributed by atoms with Gasteiger partial charge in [0.2, 0.25) is 6.29 Å². The lowest BCUT2D eigenvalue weighted by atomic mass is 9.52. The maximum Gasteiger partial charge on any atom is 0.202 e. The minimum absolute atomic E-state index is 0.0171. The molecule has 2 heterocycles. The molecule has 1 aliphatic heterocycles. The van der Waals surface area contributed by atoms with Gasteiger partial charge in [-0.2, -0.15) is 0 Å². The average Bonchev–Trinajstić information content (AvgIpc) is 3.33. The normalized spacial score (nSPS) is 35.8. The SMILES string of the molecule is C=C1CCC2C3=CO[C@@H](C4CCCC4)O[C@@H]3CC[C@@]2(C)[C@@H]1CCOCc1ccncc1. The molecule has 5 atom stereocenters. The Kier molecular flexibility index (Phi) is 6.21. The van der Waals surface area contributed by atoms with E-state index in [1.165, 1.54) is 55.2 Å². The maximum absolute atomic E-state index is 6.54. The molecule has 31 heavy (non-hydrogen) atoms. The van der Waals surface area contributed by atoms with Crippen LogP contribution < -0.4 is 0 Å². The van der Waals surface area contributed by atoms with E-state index in [-0.39, 0.29) is 17.8 Å². The zero-order chi connectivity index (χ0) is 21.3. The van der Waals surface area contributed by atoms with Crippen molar-refractivity contribution in [3.63, 3.8) is 0 Å². The minimum atomic E-state index is -0.0171. The summed E-state index contributed by atoms with van der Waals surface area (Å²) in [5.41, 5.74) is 4.23. The van der Waals surface area contributed by atoms with Gasteiger partial charge in [0, 0.05) is 24.9 Å². The van der Waals surface area contributed by atoms with Crippen LogP contribution in [-0.4, -0.2) is 24.0 Å². The van der Waals surface area contributed by atoms with Crippen LogP contribution in [0.2, 0.25) is 0 Å². The molecule has 168 valence electrons. The van der Waals surface area contributed by atoms with Crippen molar-refractivity contribution in [2.24, 2.45) is 23.2 Å². The second-order valence-electron chi connectivity index (χ2n) is 10.3. The topological polar surface area (TPSA) is 40.6 Å². The monoisotopic (exact) mass is 423 g/mol. The van der Waals surface area contributed by atoms with Gasteiger partial charge in [0.25, 0.3) is 0 Å². The van der Waals surface area contributed by atoms with Crippen molar-refractivity contribution in [2.45, 2.75) is 83.7 Å². The van der Waals surface area contributed by atoms with Gasteiger partial charge in [-0.05, 0) is 85.5 Å². The molecule has 0 radical (unpaired) electrons. The van der Waals surface area contributed by atoms with Crippen molar-refractivity contribution in [1.82, 2.24) is 4.98 Å². The molecule has 3 aliphatic carbocycles. The molecule has 4 heteroatoms. The lowest BCUT2D eigenvalue weighted by molar-refractivity contribution is -0.193. The number of pyridine rings is 1. The number of aromatic nitrogens is 1. The van der Waals surface area contributed by atoms with Crippen LogP contribution in [0.3, 0.4) is 0 Å². The van der Waals surface area contributed by atoms with Crippen LogP contribution in [-0.2, 0) is 20.8 Å². The van der Waals surface area contributed by atoms with Crippen LogP contribution in [0.5, 0.6) is 0 Å². The van der Waals surface area contributed by atoms with Gasteiger partial charge in [-0.25, -0.2) is 0 Å². The lowest BCUT2D eigenvalue weighted by Gasteiger charge is -2.55. The molecular formula is C27H37NO3. The van der Waals surface area contributed by atoms with Crippen molar-refractivity contribution in [3.05, 3.63) is 54.1 Å². The zero-order valence-corrected chi connectivity index (χ0v) is 18.9. The predicted molar refractivity (Wildman–Crippen MR) is 121 cm³/mol. The van der Waals surface area contributed by atoms with Crippen LogP contribution in [0.15, 0.2) is 48.5 Å². The zero-order valence-electron chi connectivity index (χ0n) is 18.9. The first-order valence-corrected chi connectivity index (χ1v) is 12.3. The summed E-state index contributed by atoms with van der Waals surface area (Å²) in [6.45, 7) is 8.40. The maximum atomic E-state index is 6.54. The molecule has 4 nitrogen and oxygen atoms in total. The molecule has 0 aromatic carbocycles. The number of fused-ring (bicyclic) bond motifs is 3. The first kappa shape index (κ1) is 21.2. The van der Waals surface area contributed by atoms with E-state index in [1.807, 2.05) is 24.5 Å². The largest absolute Gasteiger partial charge is 0.472 e. The average molecular weight is 424 g/mol. The highest BCUT2D eigenvalue weighted by molar-refractivity contribution is 5.26. The van der Waals surface area contributed by atoms with Crippen LogP contribution in [0.4, 0.5) is 0 Å². The molecule has 1 aromatic heterocycles. The molecule has 1 unspecified atom stereocenters. The van der Waals surface area contributed by atoms with Crippen LogP contribution in [0, 0.1) is 23.2 Å². The van der Waals surface area contributed by atoms with Crippen molar-refractivity contribution in [2.75, 3.05) is 6.61 Å². The Labute approximate surface area is 187 Å². The number of hydrogen-bond acceptors (Lipinski definition) is 4. The molecule has 0 amide bonds. The molecule has 0 bridgehead atoms. The number of nitrogens with zero attached hydrogens (tertiary/aromatic N) is 1. The summed E-state index contributed by atoms with van der Waals surface area (Å²) >= 11 is 0. The summed E-state index contributed by atoms with van der Waals surface area (Å²) in [5, 5.41) is 0. The van der Waals surface area contributed by atoms with Crippen molar-refractivity contribution >= 4 is 0 Å². The lowest BCUT2D eigenvalue weighted by Crippen LogP contribution is -2.50. The van der Waals surface area contributed by atoms with Gasteiger partial charge in [-0.1, -0.05) is 31.9 Å². The summed E-state index contributed by atoms with van der Waals surface area (Å²) in [6, 6.07) is 4.04. The fourth-order valence-electron chi connectivity index (χ4n) is 6.77. The van der Waals surface area contributed by atoms with Gasteiger partial charge < -0.3 is 14.2 Å². The summed E-state index contributed by atoms with van der Waals surface area (Å²) in [6.07, 6.45) is 16.8. The smallest absolute Gasteiger partial charge is 0.202 e. The molecule has 0 saturated heterocycles. The number of allylic oxidation sites excluding steroid dienone is 1. The van der Waals surface area contributed by atoms with Crippen LogP contribution in [0.25, 0.3) is 0 Å². The fourth-order valence-corrected chi connectivity index (χ4v) is 6.77. The van der Waals surface area contributed by atoms with E-state index in [1.54, 1.807) is 0 Å². The highest BCUT2D eigenvalue weighted by Gasteiger charge is 2.52. The van der Waals surface area contributed by atoms with Gasteiger partial charge in [0.1, 0.15) is 0 Å². The summed E-state index contributed by atoms with van der Waals surface area (Å²) < 4.78 is 18.8. The third-order valence-corrected chi connectivity index (χ3v) is 8.55. The molecule has 3 fully saturated rings. The van der Waals surface area contributed by atoms with Crippen LogP contribution >= 0.6 is 0 Å². The Bertz CT molecular complexity index is 800. The molecule has 0 spiro atoms. The molecule has 0 N–H and O–H groups in total. The number of ether oxygens (including phenoxy) is 3. The van der Waals surface area contributed by atoms with Gasteiger partial charge in [-0.15, -0.1) is 0 Å². The Balaban J connectivity index is 1.24. The Morgan fingerprint density at radius 2 is 1.97 bits per heavy atom. The summed E-state index contributed by atoms with van der Waals surface area (Å²) in [7, 11) is 0. The molecular weight excluding hydrogens is 386 g/mol. The third-order valence-electron chi connectivity index (χ3n) is 8.55. The molecule has 5 rings (SSSR count). The Morgan fingerprint density at radius 3 is 2.77 bits per heavy atom. The van der Waals surface area contributed by atoms with E-state index >= 15 is 0 Å². The summed E-state index contributed by atoms with van der Waals surface area (Å²) in [5.74, 6) is 1.62. The molecule has 3 saturated carbocycles. The van der Waals surface area contributed by atoms with Gasteiger partial charge in [0.15, 0.2) is 0 Å². The highest BCUT2D eigenvalue weighted by Crippen LogP contribution is 2.58. The Hall–Kier alpha value is -1.65. The second-order valence-corrected chi connectivity index (χ2v) is 10.3. The van der Waals surface area contributed by atoms with E-state index < -0.39 is 0 Å².